The van der Waals surface area contributed by atoms with Crippen LogP contribution in [0.4, 0.5) is 0 Å². The number of amides is 2. The molecule has 0 aromatic carbocycles. The Morgan fingerprint density at radius 1 is 1.08 bits per heavy atom. The van der Waals surface area contributed by atoms with Crippen LogP contribution in [0.2, 0.25) is 0 Å². The van der Waals surface area contributed by atoms with Crippen molar-refractivity contribution in [3.63, 3.8) is 0 Å². The molecule has 3 fully saturated rings. The number of hydrogen-bond donors (Lipinski definition) is 1. The van der Waals surface area contributed by atoms with E-state index < -0.39 is 0 Å². The molecule has 25 heavy (non-hydrogen) atoms. The lowest BCUT2D eigenvalue weighted by atomic mass is 9.95. The maximum atomic E-state index is 12.8. The van der Waals surface area contributed by atoms with Crippen molar-refractivity contribution in [1.29, 1.82) is 0 Å². The largest absolute Gasteiger partial charge is 0.459 e. The minimum absolute atomic E-state index is 0.0241. The summed E-state index contributed by atoms with van der Waals surface area (Å²) < 4.78 is 5.22. The fourth-order valence-electron chi connectivity index (χ4n) is 4.22. The molecule has 0 radical (unpaired) electrons. The van der Waals surface area contributed by atoms with Crippen LogP contribution in [-0.2, 0) is 4.79 Å². The maximum absolute atomic E-state index is 12.8. The maximum Gasteiger partial charge on any atom is 0.289 e. The average Bonchev–Trinajstić information content (AvgIpc) is 3.08. The first-order chi connectivity index (χ1) is 12.2. The van der Waals surface area contributed by atoms with Gasteiger partial charge in [-0.15, -0.1) is 0 Å². The molecule has 1 aliphatic heterocycles. The summed E-state index contributed by atoms with van der Waals surface area (Å²) in [6.45, 7) is 2.82. The number of rotatable bonds is 5. The van der Waals surface area contributed by atoms with E-state index in [0.29, 0.717) is 30.8 Å². The summed E-state index contributed by atoms with van der Waals surface area (Å²) in [4.78, 5) is 29.4. The Bertz CT molecular complexity index is 597. The van der Waals surface area contributed by atoms with Gasteiger partial charge in [-0.3, -0.25) is 14.5 Å². The molecule has 136 valence electrons. The third kappa shape index (κ3) is 3.73. The SMILES string of the molecule is O=C(NC1CC1)C(C1CCCC1)N1CCN(C(=O)c2ccco2)CC1. The van der Waals surface area contributed by atoms with E-state index in [4.69, 9.17) is 4.42 Å². The lowest BCUT2D eigenvalue weighted by Crippen LogP contribution is -2.58. The first kappa shape index (κ1) is 16.6. The fourth-order valence-corrected chi connectivity index (χ4v) is 4.22. The Balaban J connectivity index is 1.39. The van der Waals surface area contributed by atoms with Gasteiger partial charge in [0.1, 0.15) is 0 Å². The summed E-state index contributed by atoms with van der Waals surface area (Å²) >= 11 is 0. The molecule has 4 rings (SSSR count). The van der Waals surface area contributed by atoms with Crippen molar-refractivity contribution >= 4 is 11.8 Å². The number of nitrogens with zero attached hydrogens (tertiary/aromatic N) is 2. The Kier molecular flexibility index (Phi) is 4.79. The van der Waals surface area contributed by atoms with E-state index in [1.807, 2.05) is 4.90 Å². The highest BCUT2D eigenvalue weighted by Crippen LogP contribution is 2.32. The number of nitrogens with one attached hydrogen (secondary N) is 1. The minimum atomic E-state index is -0.0514. The normalized spacial score (nSPS) is 23.6. The van der Waals surface area contributed by atoms with Gasteiger partial charge in [-0.1, -0.05) is 12.8 Å². The van der Waals surface area contributed by atoms with Crippen molar-refractivity contribution < 1.29 is 14.0 Å². The molecule has 0 spiro atoms. The quantitative estimate of drug-likeness (QED) is 0.885. The zero-order chi connectivity index (χ0) is 17.2. The van der Waals surface area contributed by atoms with Crippen molar-refractivity contribution in [1.82, 2.24) is 15.1 Å². The number of carbonyl (C=O) groups is 2. The topological polar surface area (TPSA) is 65.8 Å². The van der Waals surface area contributed by atoms with Crippen molar-refractivity contribution in [2.75, 3.05) is 26.2 Å². The van der Waals surface area contributed by atoms with Gasteiger partial charge in [0.15, 0.2) is 5.76 Å². The van der Waals surface area contributed by atoms with Gasteiger partial charge in [0.05, 0.1) is 12.3 Å². The molecule has 1 unspecified atom stereocenters. The first-order valence-electron chi connectivity index (χ1n) is 9.59. The molecule has 6 heteroatoms. The Hall–Kier alpha value is -1.82. The van der Waals surface area contributed by atoms with Crippen LogP contribution in [-0.4, -0.2) is 59.9 Å². The van der Waals surface area contributed by atoms with Crippen molar-refractivity contribution in [2.45, 2.75) is 50.6 Å². The van der Waals surface area contributed by atoms with E-state index in [1.165, 1.54) is 19.1 Å². The lowest BCUT2D eigenvalue weighted by Gasteiger charge is -2.40. The monoisotopic (exact) mass is 345 g/mol. The molecule has 2 saturated carbocycles. The molecule has 6 nitrogen and oxygen atoms in total. The average molecular weight is 345 g/mol. The van der Waals surface area contributed by atoms with Crippen LogP contribution < -0.4 is 5.32 Å². The highest BCUT2D eigenvalue weighted by molar-refractivity contribution is 5.91. The van der Waals surface area contributed by atoms with Gasteiger partial charge < -0.3 is 14.6 Å². The smallest absolute Gasteiger partial charge is 0.289 e. The summed E-state index contributed by atoms with van der Waals surface area (Å²) in [6, 6.07) is 3.82. The number of piperazine rings is 1. The second kappa shape index (κ2) is 7.20. The molecule has 1 aromatic rings. The predicted molar refractivity (Wildman–Crippen MR) is 93.1 cm³/mol. The van der Waals surface area contributed by atoms with Crippen LogP contribution in [0.25, 0.3) is 0 Å². The van der Waals surface area contributed by atoms with Gasteiger partial charge in [0.25, 0.3) is 5.91 Å². The Labute approximate surface area is 148 Å². The number of carbonyl (C=O) groups excluding carboxylic acids is 2. The van der Waals surface area contributed by atoms with Crippen LogP contribution in [0.15, 0.2) is 22.8 Å². The lowest BCUT2D eigenvalue weighted by molar-refractivity contribution is -0.129. The highest BCUT2D eigenvalue weighted by atomic mass is 16.3. The summed E-state index contributed by atoms with van der Waals surface area (Å²) in [6.07, 6.45) is 8.52. The van der Waals surface area contributed by atoms with E-state index in [2.05, 4.69) is 10.2 Å². The van der Waals surface area contributed by atoms with Crippen molar-refractivity contribution in [3.05, 3.63) is 24.2 Å². The second-order valence-electron chi connectivity index (χ2n) is 7.58. The molecular weight excluding hydrogens is 318 g/mol. The summed E-state index contributed by atoms with van der Waals surface area (Å²) in [5, 5.41) is 3.21. The van der Waals surface area contributed by atoms with Gasteiger partial charge in [0, 0.05) is 32.2 Å². The first-order valence-corrected chi connectivity index (χ1v) is 9.59. The second-order valence-corrected chi connectivity index (χ2v) is 7.58. The molecule has 3 aliphatic rings. The third-order valence-electron chi connectivity index (χ3n) is 5.77. The van der Waals surface area contributed by atoms with Gasteiger partial charge in [-0.2, -0.15) is 0 Å². The molecule has 2 amide bonds. The van der Waals surface area contributed by atoms with Crippen LogP contribution in [0.5, 0.6) is 0 Å². The summed E-state index contributed by atoms with van der Waals surface area (Å²) in [5.41, 5.74) is 0. The zero-order valence-electron chi connectivity index (χ0n) is 14.7. The summed E-state index contributed by atoms with van der Waals surface area (Å²) in [7, 11) is 0. The van der Waals surface area contributed by atoms with Gasteiger partial charge >= 0.3 is 0 Å². The molecule has 2 aliphatic carbocycles. The van der Waals surface area contributed by atoms with Crippen LogP contribution >= 0.6 is 0 Å². The van der Waals surface area contributed by atoms with E-state index in [9.17, 15) is 9.59 Å². The summed E-state index contributed by atoms with van der Waals surface area (Å²) in [5.74, 6) is 1.02. The van der Waals surface area contributed by atoms with E-state index >= 15 is 0 Å². The van der Waals surface area contributed by atoms with E-state index in [-0.39, 0.29) is 17.9 Å². The van der Waals surface area contributed by atoms with Crippen molar-refractivity contribution in [2.24, 2.45) is 5.92 Å². The standard InChI is InChI=1S/C19H27N3O3/c23-18(20-15-7-8-15)17(14-4-1-2-5-14)21-9-11-22(12-10-21)19(24)16-6-3-13-25-16/h3,6,13-15,17H,1-2,4-5,7-12H2,(H,20,23). The molecular formula is C19H27N3O3. The van der Waals surface area contributed by atoms with Crippen LogP contribution in [0.3, 0.4) is 0 Å². The van der Waals surface area contributed by atoms with Crippen LogP contribution in [0.1, 0.15) is 49.1 Å². The van der Waals surface area contributed by atoms with E-state index in [1.54, 1.807) is 12.1 Å². The van der Waals surface area contributed by atoms with Gasteiger partial charge in [-0.05, 0) is 43.7 Å². The van der Waals surface area contributed by atoms with Gasteiger partial charge in [-0.25, -0.2) is 0 Å². The van der Waals surface area contributed by atoms with Crippen molar-refractivity contribution in [3.8, 4) is 0 Å². The van der Waals surface area contributed by atoms with Crippen LogP contribution in [0, 0.1) is 5.92 Å². The predicted octanol–water partition coefficient (Wildman–Crippen LogP) is 1.87. The zero-order valence-corrected chi connectivity index (χ0v) is 14.7. The molecule has 0 bridgehead atoms. The molecule has 1 atom stereocenters. The number of furan rings is 1. The fraction of sp³-hybridized carbons (Fsp3) is 0.684. The minimum Gasteiger partial charge on any atom is -0.459 e. The Morgan fingerprint density at radius 3 is 2.40 bits per heavy atom. The van der Waals surface area contributed by atoms with E-state index in [0.717, 1.165) is 38.8 Å². The third-order valence-corrected chi connectivity index (χ3v) is 5.77. The Morgan fingerprint density at radius 2 is 1.80 bits per heavy atom. The molecule has 1 aromatic heterocycles. The highest BCUT2D eigenvalue weighted by Gasteiger charge is 2.39. The molecule has 2 heterocycles. The number of hydrogen-bond acceptors (Lipinski definition) is 4. The van der Waals surface area contributed by atoms with Gasteiger partial charge in [0.2, 0.25) is 5.91 Å². The molecule has 1 N–H and O–H groups in total. The molecule has 1 saturated heterocycles.